The summed E-state index contributed by atoms with van der Waals surface area (Å²) in [5, 5.41) is 0. The lowest BCUT2D eigenvalue weighted by Crippen LogP contribution is -2.33. The fourth-order valence-corrected chi connectivity index (χ4v) is 1.95. The van der Waals surface area contributed by atoms with Crippen molar-refractivity contribution >= 4 is 11.9 Å². The van der Waals surface area contributed by atoms with E-state index in [9.17, 15) is 9.59 Å². The Bertz CT molecular complexity index is 268. The number of esters is 2. The van der Waals surface area contributed by atoms with E-state index in [0.29, 0.717) is 0 Å². The first-order valence-electron chi connectivity index (χ1n) is 7.02. The third-order valence-corrected chi connectivity index (χ3v) is 2.97. The van der Waals surface area contributed by atoms with Crippen LogP contribution < -0.4 is 0 Å². The molecular formula is C15H26O4. The second-order valence-corrected chi connectivity index (χ2v) is 4.53. The number of allylic oxidation sites excluding steroid dienone is 1. The largest absolute Gasteiger partial charge is 0.465 e. The Balaban J connectivity index is 4.49. The molecule has 0 aromatic rings. The van der Waals surface area contributed by atoms with Crippen LogP contribution in [0.4, 0.5) is 0 Å². The first-order chi connectivity index (χ1) is 9.08. The van der Waals surface area contributed by atoms with Gasteiger partial charge in [0.25, 0.3) is 0 Å². The van der Waals surface area contributed by atoms with Gasteiger partial charge < -0.3 is 9.47 Å². The number of hydrogen-bond acceptors (Lipinski definition) is 4. The molecule has 0 rings (SSSR count). The third kappa shape index (κ3) is 6.99. The number of carbonyl (C=O) groups is 2. The molecule has 0 heterocycles. The second kappa shape index (κ2) is 10.6. The summed E-state index contributed by atoms with van der Waals surface area (Å²) in [5.74, 6) is -1.82. The maximum atomic E-state index is 11.9. The standard InChI is InChI=1S/C15H26O4/c1-5-8-9-10-11-12(4)13(14(16)18-6-2)15(17)19-7-3/h5,12-13H,1,6-11H2,2-4H3. The van der Waals surface area contributed by atoms with E-state index in [0.717, 1.165) is 25.7 Å². The zero-order valence-corrected chi connectivity index (χ0v) is 12.3. The van der Waals surface area contributed by atoms with E-state index < -0.39 is 17.9 Å². The summed E-state index contributed by atoms with van der Waals surface area (Å²) in [6.07, 6.45) is 5.61. The van der Waals surface area contributed by atoms with Gasteiger partial charge >= 0.3 is 11.9 Å². The molecule has 0 bridgehead atoms. The van der Waals surface area contributed by atoms with Gasteiger partial charge in [0.05, 0.1) is 13.2 Å². The van der Waals surface area contributed by atoms with Crippen molar-refractivity contribution in [2.24, 2.45) is 11.8 Å². The molecule has 0 fully saturated rings. The summed E-state index contributed by atoms with van der Waals surface area (Å²) in [6.45, 7) is 9.58. The first-order valence-corrected chi connectivity index (χ1v) is 7.02. The molecule has 1 unspecified atom stereocenters. The van der Waals surface area contributed by atoms with Crippen LogP contribution in [-0.4, -0.2) is 25.2 Å². The summed E-state index contributed by atoms with van der Waals surface area (Å²) in [6, 6.07) is 0. The van der Waals surface area contributed by atoms with Crippen molar-refractivity contribution in [1.29, 1.82) is 0 Å². The molecule has 110 valence electrons. The van der Waals surface area contributed by atoms with Gasteiger partial charge in [-0.05, 0) is 39.0 Å². The Kier molecular flexibility index (Phi) is 9.85. The summed E-state index contributed by atoms with van der Waals surface area (Å²) < 4.78 is 9.93. The van der Waals surface area contributed by atoms with Crippen LogP contribution >= 0.6 is 0 Å². The Morgan fingerprint density at radius 2 is 1.63 bits per heavy atom. The zero-order valence-electron chi connectivity index (χ0n) is 12.3. The van der Waals surface area contributed by atoms with Crippen molar-refractivity contribution in [2.75, 3.05) is 13.2 Å². The van der Waals surface area contributed by atoms with Crippen LogP contribution in [0.15, 0.2) is 12.7 Å². The predicted molar refractivity (Wildman–Crippen MR) is 74.6 cm³/mol. The first kappa shape index (κ1) is 17.7. The third-order valence-electron chi connectivity index (χ3n) is 2.97. The SMILES string of the molecule is C=CCCCCC(C)C(C(=O)OCC)C(=O)OCC. The van der Waals surface area contributed by atoms with Crippen LogP contribution in [0.5, 0.6) is 0 Å². The van der Waals surface area contributed by atoms with Crippen molar-refractivity contribution in [2.45, 2.75) is 46.5 Å². The van der Waals surface area contributed by atoms with Crippen LogP contribution in [0.1, 0.15) is 46.5 Å². The molecule has 0 spiro atoms. The molecule has 0 N–H and O–H groups in total. The summed E-state index contributed by atoms with van der Waals surface area (Å²) >= 11 is 0. The summed E-state index contributed by atoms with van der Waals surface area (Å²) in [4.78, 5) is 23.7. The molecule has 0 aromatic carbocycles. The van der Waals surface area contributed by atoms with Gasteiger partial charge in [0.15, 0.2) is 5.92 Å². The number of carbonyl (C=O) groups excluding carboxylic acids is 2. The molecule has 0 amide bonds. The average molecular weight is 270 g/mol. The van der Waals surface area contributed by atoms with E-state index in [1.54, 1.807) is 13.8 Å². The lowest BCUT2D eigenvalue weighted by molar-refractivity contribution is -0.164. The molecule has 1 atom stereocenters. The maximum absolute atomic E-state index is 11.9. The fraction of sp³-hybridized carbons (Fsp3) is 0.733. The smallest absolute Gasteiger partial charge is 0.320 e. The lowest BCUT2D eigenvalue weighted by Gasteiger charge is -2.20. The number of rotatable bonds is 10. The average Bonchev–Trinajstić information content (AvgIpc) is 2.35. The highest BCUT2D eigenvalue weighted by Crippen LogP contribution is 2.22. The Labute approximate surface area is 116 Å². The molecule has 0 aromatic heterocycles. The predicted octanol–water partition coefficient (Wildman–Crippen LogP) is 3.11. The van der Waals surface area contributed by atoms with Crippen molar-refractivity contribution in [3.8, 4) is 0 Å². The van der Waals surface area contributed by atoms with Crippen molar-refractivity contribution in [3.05, 3.63) is 12.7 Å². The number of hydrogen-bond donors (Lipinski definition) is 0. The quantitative estimate of drug-likeness (QED) is 0.265. The monoisotopic (exact) mass is 270 g/mol. The highest BCUT2D eigenvalue weighted by atomic mass is 16.6. The topological polar surface area (TPSA) is 52.6 Å². The highest BCUT2D eigenvalue weighted by Gasteiger charge is 2.34. The molecule has 0 saturated heterocycles. The molecule has 19 heavy (non-hydrogen) atoms. The van der Waals surface area contributed by atoms with Gasteiger partial charge in [-0.3, -0.25) is 9.59 Å². The van der Waals surface area contributed by atoms with Gasteiger partial charge in [0.2, 0.25) is 0 Å². The van der Waals surface area contributed by atoms with Gasteiger partial charge in [-0.15, -0.1) is 6.58 Å². The minimum absolute atomic E-state index is 0.0667. The van der Waals surface area contributed by atoms with Crippen LogP contribution in [0.2, 0.25) is 0 Å². The van der Waals surface area contributed by atoms with Crippen molar-refractivity contribution in [3.63, 3.8) is 0 Å². The van der Waals surface area contributed by atoms with E-state index in [-0.39, 0.29) is 19.1 Å². The van der Waals surface area contributed by atoms with Crippen LogP contribution in [0.3, 0.4) is 0 Å². The van der Waals surface area contributed by atoms with Crippen LogP contribution in [0.25, 0.3) is 0 Å². The molecule has 0 aliphatic rings. The van der Waals surface area contributed by atoms with Crippen molar-refractivity contribution < 1.29 is 19.1 Å². The zero-order chi connectivity index (χ0) is 14.7. The van der Waals surface area contributed by atoms with Crippen LogP contribution in [0, 0.1) is 11.8 Å². The molecule has 0 radical (unpaired) electrons. The molecule has 4 heteroatoms. The summed E-state index contributed by atoms with van der Waals surface area (Å²) in [5.41, 5.74) is 0. The van der Waals surface area contributed by atoms with Gasteiger partial charge in [-0.1, -0.05) is 19.4 Å². The van der Waals surface area contributed by atoms with Gasteiger partial charge in [-0.25, -0.2) is 0 Å². The van der Waals surface area contributed by atoms with E-state index >= 15 is 0 Å². The normalized spacial score (nSPS) is 12.0. The number of unbranched alkanes of at least 4 members (excludes halogenated alkanes) is 2. The molecule has 0 aliphatic heterocycles. The Morgan fingerprint density at radius 1 is 1.11 bits per heavy atom. The van der Waals surface area contributed by atoms with E-state index in [2.05, 4.69) is 6.58 Å². The molecular weight excluding hydrogens is 244 g/mol. The van der Waals surface area contributed by atoms with E-state index in [4.69, 9.17) is 9.47 Å². The lowest BCUT2D eigenvalue weighted by atomic mass is 9.89. The van der Waals surface area contributed by atoms with Crippen molar-refractivity contribution in [1.82, 2.24) is 0 Å². The molecule has 4 nitrogen and oxygen atoms in total. The fourth-order valence-electron chi connectivity index (χ4n) is 1.95. The van der Waals surface area contributed by atoms with E-state index in [1.807, 2.05) is 13.0 Å². The van der Waals surface area contributed by atoms with Crippen LogP contribution in [-0.2, 0) is 19.1 Å². The highest BCUT2D eigenvalue weighted by molar-refractivity contribution is 5.95. The Hall–Kier alpha value is -1.32. The molecule has 0 aliphatic carbocycles. The minimum Gasteiger partial charge on any atom is -0.465 e. The van der Waals surface area contributed by atoms with Gasteiger partial charge in [-0.2, -0.15) is 0 Å². The molecule has 0 saturated carbocycles. The van der Waals surface area contributed by atoms with Gasteiger partial charge in [0.1, 0.15) is 0 Å². The summed E-state index contributed by atoms with van der Waals surface area (Å²) in [7, 11) is 0. The second-order valence-electron chi connectivity index (χ2n) is 4.53. The van der Waals surface area contributed by atoms with Gasteiger partial charge in [0, 0.05) is 0 Å². The number of ether oxygens (including phenoxy) is 2. The minimum atomic E-state index is -0.802. The van der Waals surface area contributed by atoms with E-state index in [1.165, 1.54) is 0 Å². The Morgan fingerprint density at radius 3 is 2.05 bits per heavy atom. The maximum Gasteiger partial charge on any atom is 0.320 e.